The summed E-state index contributed by atoms with van der Waals surface area (Å²) in [7, 11) is 1.80. The zero-order chi connectivity index (χ0) is 17.6. The first kappa shape index (κ1) is 18.4. The summed E-state index contributed by atoms with van der Waals surface area (Å²) < 4.78 is 1.68. The van der Waals surface area contributed by atoms with E-state index in [4.69, 9.17) is 0 Å². The lowest BCUT2D eigenvalue weighted by Crippen LogP contribution is -2.50. The summed E-state index contributed by atoms with van der Waals surface area (Å²) in [6, 6.07) is -0.455. The minimum Gasteiger partial charge on any atom is -0.278 e. The molecule has 0 aromatic carbocycles. The third-order valence-corrected chi connectivity index (χ3v) is 3.31. The molecule has 1 saturated heterocycles. The third kappa shape index (κ3) is 3.97. The maximum Gasteiger partial charge on any atom is 0.329 e. The van der Waals surface area contributed by atoms with Crippen LogP contribution >= 0.6 is 0 Å². The number of aryl methyl sites for hydroxylation is 1. The molecule has 1 aliphatic rings. The lowest BCUT2D eigenvalue weighted by molar-refractivity contribution is -0.120. The minimum absolute atomic E-state index is 0.260. The number of carbonyl (C=O) groups is 2. The molecule has 1 aromatic rings. The number of carbonyl (C=O) groups excluding carboxylic acids is 2. The topological polar surface area (TPSA) is 67.2 Å². The molecule has 0 aliphatic carbocycles. The van der Waals surface area contributed by atoms with Crippen LogP contribution in [-0.4, -0.2) is 28.3 Å². The van der Waals surface area contributed by atoms with Gasteiger partial charge >= 0.3 is 6.03 Å². The standard InChI is InChI=1S/C15H18N4O2.C2H6/c1-5-10(3)9-12-11(6-2)14(17-18(12)4)19-8-7-13(20)16-15(19)21;1-2/h5-6,9H,1-2,7-8H2,3-4H3,(H,16,20,21);1-2H3/b10-9-;. The fourth-order valence-corrected chi connectivity index (χ4v) is 2.15. The largest absolute Gasteiger partial charge is 0.329 e. The van der Waals surface area contributed by atoms with Gasteiger partial charge in [-0.15, -0.1) is 0 Å². The monoisotopic (exact) mass is 316 g/mol. The Kier molecular flexibility index (Phi) is 6.50. The molecular formula is C17H24N4O2. The van der Waals surface area contributed by atoms with Crippen molar-refractivity contribution in [3.8, 4) is 0 Å². The van der Waals surface area contributed by atoms with Crippen molar-refractivity contribution in [1.82, 2.24) is 15.1 Å². The first-order valence-electron chi connectivity index (χ1n) is 7.59. The van der Waals surface area contributed by atoms with Gasteiger partial charge in [0.05, 0.1) is 5.69 Å². The fourth-order valence-electron chi connectivity index (χ4n) is 2.15. The molecule has 6 heteroatoms. The van der Waals surface area contributed by atoms with Crippen molar-refractivity contribution >= 4 is 29.9 Å². The summed E-state index contributed by atoms with van der Waals surface area (Å²) >= 11 is 0. The number of hydrogen-bond donors (Lipinski definition) is 1. The Morgan fingerprint density at radius 2 is 1.96 bits per heavy atom. The zero-order valence-electron chi connectivity index (χ0n) is 14.2. The quantitative estimate of drug-likeness (QED) is 0.868. The summed E-state index contributed by atoms with van der Waals surface area (Å²) in [6.45, 7) is 13.8. The van der Waals surface area contributed by atoms with Crippen LogP contribution < -0.4 is 10.2 Å². The van der Waals surface area contributed by atoms with Crippen LogP contribution in [0.1, 0.15) is 38.4 Å². The number of rotatable bonds is 4. The van der Waals surface area contributed by atoms with E-state index in [1.807, 2.05) is 26.8 Å². The number of nitrogens with zero attached hydrogens (tertiary/aromatic N) is 3. The summed E-state index contributed by atoms with van der Waals surface area (Å²) in [4.78, 5) is 24.6. The maximum absolute atomic E-state index is 12.0. The van der Waals surface area contributed by atoms with E-state index in [9.17, 15) is 9.59 Å². The summed E-state index contributed by atoms with van der Waals surface area (Å²) in [6.07, 6.45) is 5.59. The van der Waals surface area contributed by atoms with Crippen LogP contribution in [0, 0.1) is 0 Å². The molecule has 1 aromatic heterocycles. The molecule has 23 heavy (non-hydrogen) atoms. The Morgan fingerprint density at radius 1 is 1.30 bits per heavy atom. The van der Waals surface area contributed by atoms with Crippen molar-refractivity contribution in [2.24, 2.45) is 7.05 Å². The van der Waals surface area contributed by atoms with Crippen LogP contribution in [0.25, 0.3) is 12.2 Å². The third-order valence-electron chi connectivity index (χ3n) is 3.31. The highest BCUT2D eigenvalue weighted by Gasteiger charge is 2.28. The van der Waals surface area contributed by atoms with Crippen molar-refractivity contribution in [2.75, 3.05) is 11.4 Å². The van der Waals surface area contributed by atoms with E-state index >= 15 is 0 Å². The summed E-state index contributed by atoms with van der Waals surface area (Å²) in [5.74, 6) is 0.232. The van der Waals surface area contributed by atoms with Crippen molar-refractivity contribution in [2.45, 2.75) is 27.2 Å². The van der Waals surface area contributed by atoms with Gasteiger partial charge in [0.25, 0.3) is 0 Å². The molecule has 0 saturated carbocycles. The second-order valence-electron chi connectivity index (χ2n) is 4.80. The average Bonchev–Trinajstić information content (AvgIpc) is 2.85. The van der Waals surface area contributed by atoms with Gasteiger partial charge in [0.2, 0.25) is 5.91 Å². The van der Waals surface area contributed by atoms with Gasteiger partial charge in [-0.3, -0.25) is 19.7 Å². The number of amides is 3. The van der Waals surface area contributed by atoms with E-state index in [1.165, 1.54) is 4.90 Å². The van der Waals surface area contributed by atoms with E-state index in [0.29, 0.717) is 12.4 Å². The van der Waals surface area contributed by atoms with Crippen LogP contribution in [0.5, 0.6) is 0 Å². The normalized spacial score (nSPS) is 14.8. The van der Waals surface area contributed by atoms with Crippen LogP contribution in [0.15, 0.2) is 24.8 Å². The Bertz CT molecular complexity index is 656. The van der Waals surface area contributed by atoms with Crippen molar-refractivity contribution in [3.05, 3.63) is 36.1 Å². The average molecular weight is 316 g/mol. The highest BCUT2D eigenvalue weighted by molar-refractivity contribution is 6.06. The van der Waals surface area contributed by atoms with Gasteiger partial charge in [-0.25, -0.2) is 4.79 Å². The van der Waals surface area contributed by atoms with Crippen molar-refractivity contribution in [3.63, 3.8) is 0 Å². The van der Waals surface area contributed by atoms with Crippen LogP contribution in [0.4, 0.5) is 10.6 Å². The summed E-state index contributed by atoms with van der Waals surface area (Å²) in [5.41, 5.74) is 2.57. The van der Waals surface area contributed by atoms with Crippen LogP contribution in [0.2, 0.25) is 0 Å². The Morgan fingerprint density at radius 3 is 2.48 bits per heavy atom. The number of anilines is 1. The van der Waals surface area contributed by atoms with Gasteiger partial charge < -0.3 is 0 Å². The molecule has 0 atom stereocenters. The molecule has 124 valence electrons. The van der Waals surface area contributed by atoms with Gasteiger partial charge in [0.15, 0.2) is 5.82 Å². The molecule has 2 rings (SSSR count). The predicted molar refractivity (Wildman–Crippen MR) is 94.0 cm³/mol. The molecule has 2 heterocycles. The number of hydrogen-bond acceptors (Lipinski definition) is 3. The van der Waals surface area contributed by atoms with E-state index in [2.05, 4.69) is 23.6 Å². The Labute approximate surface area is 137 Å². The fraction of sp³-hybridized carbons (Fsp3) is 0.353. The Hall–Kier alpha value is -2.63. The van der Waals surface area contributed by atoms with E-state index < -0.39 is 6.03 Å². The van der Waals surface area contributed by atoms with Gasteiger partial charge in [0.1, 0.15) is 0 Å². The minimum atomic E-state index is -0.455. The number of nitrogens with one attached hydrogen (secondary N) is 1. The van der Waals surface area contributed by atoms with Gasteiger partial charge in [0, 0.05) is 25.6 Å². The van der Waals surface area contributed by atoms with Crippen molar-refractivity contribution in [1.29, 1.82) is 0 Å². The molecule has 0 unspecified atom stereocenters. The maximum atomic E-state index is 12.0. The number of aromatic nitrogens is 2. The first-order valence-corrected chi connectivity index (χ1v) is 7.59. The van der Waals surface area contributed by atoms with E-state index in [0.717, 1.165) is 16.8 Å². The molecule has 1 aliphatic heterocycles. The lowest BCUT2D eigenvalue weighted by Gasteiger charge is -2.25. The van der Waals surface area contributed by atoms with Gasteiger partial charge in [-0.2, -0.15) is 5.10 Å². The molecule has 6 nitrogen and oxygen atoms in total. The Balaban J connectivity index is 0.00000127. The molecule has 3 amide bonds. The van der Waals surface area contributed by atoms with Gasteiger partial charge in [-0.05, 0) is 18.6 Å². The summed E-state index contributed by atoms with van der Waals surface area (Å²) in [5, 5.41) is 6.68. The molecule has 1 fully saturated rings. The second kappa shape index (κ2) is 8.12. The molecule has 0 spiro atoms. The van der Waals surface area contributed by atoms with Crippen LogP contribution in [0.3, 0.4) is 0 Å². The van der Waals surface area contributed by atoms with Gasteiger partial charge in [-0.1, -0.05) is 39.2 Å². The molecular weight excluding hydrogens is 292 g/mol. The lowest BCUT2D eigenvalue weighted by atomic mass is 10.1. The molecule has 1 N–H and O–H groups in total. The SMILES string of the molecule is C=C/C(C)=C\c1c(C=C)c(N2CCC(=O)NC2=O)nn1C.CC. The number of imide groups is 1. The zero-order valence-corrected chi connectivity index (χ0v) is 14.2. The van der Waals surface area contributed by atoms with Crippen LogP contribution in [-0.2, 0) is 11.8 Å². The predicted octanol–water partition coefficient (Wildman–Crippen LogP) is 3.12. The van der Waals surface area contributed by atoms with Crippen molar-refractivity contribution < 1.29 is 9.59 Å². The highest BCUT2D eigenvalue weighted by atomic mass is 16.2. The highest BCUT2D eigenvalue weighted by Crippen LogP contribution is 2.27. The number of urea groups is 1. The van der Waals surface area contributed by atoms with E-state index in [-0.39, 0.29) is 12.3 Å². The molecule has 0 bridgehead atoms. The van der Waals surface area contributed by atoms with E-state index in [1.54, 1.807) is 23.9 Å². The smallest absolute Gasteiger partial charge is 0.278 e. The first-order chi connectivity index (χ1) is 11.0. The second-order valence-corrected chi connectivity index (χ2v) is 4.80. The number of allylic oxidation sites excluding steroid dienone is 2. The molecule has 0 radical (unpaired) electrons.